The highest BCUT2D eigenvalue weighted by atomic mass is 32.2. The van der Waals surface area contributed by atoms with Crippen LogP contribution in [0.25, 0.3) is 0 Å². The van der Waals surface area contributed by atoms with Crippen LogP contribution in [0.4, 0.5) is 0 Å². The molecule has 0 aliphatic heterocycles. The van der Waals surface area contributed by atoms with E-state index in [1.807, 2.05) is 0 Å². The summed E-state index contributed by atoms with van der Waals surface area (Å²) >= 11 is 3.85. The van der Waals surface area contributed by atoms with Crippen molar-refractivity contribution in [1.29, 1.82) is 0 Å². The maximum Gasteiger partial charge on any atom is 0.00581 e. The molecule has 0 atom stereocenters. The molecule has 0 saturated carbocycles. The van der Waals surface area contributed by atoms with Crippen molar-refractivity contribution in [3.63, 3.8) is 0 Å². The number of hydrogen-bond donors (Lipinski definition) is 1. The third-order valence-corrected chi connectivity index (χ3v) is 4.04. The van der Waals surface area contributed by atoms with Crippen LogP contribution in [0.3, 0.4) is 0 Å². The van der Waals surface area contributed by atoms with Gasteiger partial charge in [-0.1, -0.05) is 13.3 Å². The van der Waals surface area contributed by atoms with E-state index in [0.29, 0.717) is 0 Å². The zero-order valence-electron chi connectivity index (χ0n) is 9.50. The Kier molecular flexibility index (Phi) is 8.07. The van der Waals surface area contributed by atoms with Gasteiger partial charge in [-0.3, -0.25) is 0 Å². The average Bonchev–Trinajstić information content (AvgIpc) is 2.75. The minimum absolute atomic E-state index is 1.12. The SMILES string of the molecule is CCCCSCCNCCc1ccsc1. The molecule has 3 heteroatoms. The van der Waals surface area contributed by atoms with Gasteiger partial charge in [-0.15, -0.1) is 0 Å². The van der Waals surface area contributed by atoms with Gasteiger partial charge in [0.25, 0.3) is 0 Å². The molecule has 1 N–H and O–H groups in total. The van der Waals surface area contributed by atoms with Gasteiger partial charge in [0.2, 0.25) is 0 Å². The fourth-order valence-corrected chi connectivity index (χ4v) is 2.97. The summed E-state index contributed by atoms with van der Waals surface area (Å²) < 4.78 is 0. The molecule has 0 radical (unpaired) electrons. The van der Waals surface area contributed by atoms with Crippen molar-refractivity contribution < 1.29 is 0 Å². The van der Waals surface area contributed by atoms with Crippen LogP contribution in [0, 0.1) is 0 Å². The molecule has 0 unspecified atom stereocenters. The predicted molar refractivity (Wildman–Crippen MR) is 73.1 cm³/mol. The molecule has 1 aromatic heterocycles. The number of hydrogen-bond acceptors (Lipinski definition) is 3. The quantitative estimate of drug-likeness (QED) is 0.667. The molecule has 1 heterocycles. The van der Waals surface area contributed by atoms with Crippen molar-refractivity contribution in [2.75, 3.05) is 24.6 Å². The molecule has 0 aliphatic rings. The van der Waals surface area contributed by atoms with Crippen LogP contribution in [0.1, 0.15) is 25.3 Å². The Morgan fingerprint density at radius 3 is 3.00 bits per heavy atom. The first-order chi connectivity index (χ1) is 7.43. The Balaban J connectivity index is 1.81. The number of unbranched alkanes of at least 4 members (excludes halogenated alkanes) is 1. The molecule has 1 nitrogen and oxygen atoms in total. The lowest BCUT2D eigenvalue weighted by Crippen LogP contribution is -2.20. The summed E-state index contributed by atoms with van der Waals surface area (Å²) in [6.07, 6.45) is 3.85. The third kappa shape index (κ3) is 6.98. The van der Waals surface area contributed by atoms with E-state index in [4.69, 9.17) is 0 Å². The molecule has 0 fully saturated rings. The molecule has 15 heavy (non-hydrogen) atoms. The van der Waals surface area contributed by atoms with Crippen molar-refractivity contribution in [2.24, 2.45) is 0 Å². The van der Waals surface area contributed by atoms with E-state index < -0.39 is 0 Å². The summed E-state index contributed by atoms with van der Waals surface area (Å²) in [7, 11) is 0. The molecule has 1 aromatic rings. The Labute approximate surface area is 102 Å². The van der Waals surface area contributed by atoms with Gasteiger partial charge in [0.15, 0.2) is 0 Å². The van der Waals surface area contributed by atoms with E-state index in [1.165, 1.54) is 36.3 Å². The molecule has 0 aromatic carbocycles. The van der Waals surface area contributed by atoms with Crippen LogP contribution >= 0.6 is 23.1 Å². The monoisotopic (exact) mass is 243 g/mol. The summed E-state index contributed by atoms with van der Waals surface area (Å²) in [6, 6.07) is 2.21. The smallest absolute Gasteiger partial charge is 0.00581 e. The van der Waals surface area contributed by atoms with Gasteiger partial charge in [-0.2, -0.15) is 23.1 Å². The van der Waals surface area contributed by atoms with Crippen LogP contribution in [-0.4, -0.2) is 24.6 Å². The van der Waals surface area contributed by atoms with Crippen molar-refractivity contribution in [3.05, 3.63) is 22.4 Å². The maximum absolute atomic E-state index is 3.48. The first-order valence-corrected chi connectivity index (χ1v) is 7.82. The highest BCUT2D eigenvalue weighted by molar-refractivity contribution is 7.99. The van der Waals surface area contributed by atoms with E-state index in [0.717, 1.165) is 13.1 Å². The van der Waals surface area contributed by atoms with Crippen LogP contribution in [-0.2, 0) is 6.42 Å². The molecule has 0 bridgehead atoms. The first kappa shape index (κ1) is 13.1. The average molecular weight is 243 g/mol. The highest BCUT2D eigenvalue weighted by Gasteiger charge is 1.93. The minimum atomic E-state index is 1.12. The summed E-state index contributed by atoms with van der Waals surface area (Å²) in [6.45, 7) is 4.52. The topological polar surface area (TPSA) is 12.0 Å². The van der Waals surface area contributed by atoms with Gasteiger partial charge in [-0.25, -0.2) is 0 Å². The molecule has 0 amide bonds. The minimum Gasteiger partial charge on any atom is -0.316 e. The lowest BCUT2D eigenvalue weighted by atomic mass is 10.2. The molecular weight excluding hydrogens is 222 g/mol. The van der Waals surface area contributed by atoms with E-state index in [9.17, 15) is 0 Å². The number of thioether (sulfide) groups is 1. The van der Waals surface area contributed by atoms with Crippen molar-refractivity contribution in [3.8, 4) is 0 Å². The van der Waals surface area contributed by atoms with Crippen LogP contribution in [0.5, 0.6) is 0 Å². The normalized spacial score (nSPS) is 10.7. The molecule has 0 saturated heterocycles. The fourth-order valence-electron chi connectivity index (χ4n) is 1.29. The largest absolute Gasteiger partial charge is 0.316 e. The Morgan fingerprint density at radius 2 is 2.27 bits per heavy atom. The summed E-state index contributed by atoms with van der Waals surface area (Å²) in [5.41, 5.74) is 1.46. The molecule has 86 valence electrons. The van der Waals surface area contributed by atoms with Crippen molar-refractivity contribution in [2.45, 2.75) is 26.2 Å². The van der Waals surface area contributed by atoms with Crippen LogP contribution in [0.15, 0.2) is 16.8 Å². The number of nitrogens with one attached hydrogen (secondary N) is 1. The highest BCUT2D eigenvalue weighted by Crippen LogP contribution is 2.06. The zero-order chi connectivity index (χ0) is 10.8. The standard InChI is InChI=1S/C12H21NS2/c1-2-3-8-14-10-7-13-6-4-12-5-9-15-11-12/h5,9,11,13H,2-4,6-8,10H2,1H3. The van der Waals surface area contributed by atoms with E-state index in [2.05, 4.69) is 40.8 Å². The maximum atomic E-state index is 3.48. The second-order valence-corrected chi connectivity index (χ2v) is 5.60. The summed E-state index contributed by atoms with van der Waals surface area (Å²) in [4.78, 5) is 0. The van der Waals surface area contributed by atoms with Gasteiger partial charge in [0, 0.05) is 12.3 Å². The van der Waals surface area contributed by atoms with Crippen LogP contribution < -0.4 is 5.32 Å². The summed E-state index contributed by atoms with van der Waals surface area (Å²) in [5.74, 6) is 2.58. The Hall–Kier alpha value is 0.01000. The molecule has 0 spiro atoms. The lowest BCUT2D eigenvalue weighted by molar-refractivity contribution is 0.722. The Bertz CT molecular complexity index is 222. The lowest BCUT2D eigenvalue weighted by Gasteiger charge is -2.03. The van der Waals surface area contributed by atoms with Gasteiger partial charge in [0.05, 0.1) is 0 Å². The van der Waals surface area contributed by atoms with Gasteiger partial charge < -0.3 is 5.32 Å². The fraction of sp³-hybridized carbons (Fsp3) is 0.667. The molecule has 0 aliphatic carbocycles. The first-order valence-electron chi connectivity index (χ1n) is 5.73. The van der Waals surface area contributed by atoms with Gasteiger partial charge in [-0.05, 0) is 47.5 Å². The molecular formula is C12H21NS2. The van der Waals surface area contributed by atoms with Gasteiger partial charge >= 0.3 is 0 Å². The summed E-state index contributed by atoms with van der Waals surface area (Å²) in [5, 5.41) is 7.87. The van der Waals surface area contributed by atoms with E-state index >= 15 is 0 Å². The van der Waals surface area contributed by atoms with Crippen molar-refractivity contribution in [1.82, 2.24) is 5.32 Å². The van der Waals surface area contributed by atoms with E-state index in [1.54, 1.807) is 11.3 Å². The number of rotatable bonds is 9. The second kappa shape index (κ2) is 9.25. The predicted octanol–water partition coefficient (Wildman–Crippen LogP) is 3.41. The van der Waals surface area contributed by atoms with Gasteiger partial charge in [0.1, 0.15) is 0 Å². The van der Waals surface area contributed by atoms with Crippen molar-refractivity contribution >= 4 is 23.1 Å². The number of thiophene rings is 1. The Morgan fingerprint density at radius 1 is 1.33 bits per heavy atom. The third-order valence-electron chi connectivity index (χ3n) is 2.24. The van der Waals surface area contributed by atoms with E-state index in [-0.39, 0.29) is 0 Å². The second-order valence-electron chi connectivity index (χ2n) is 3.60. The molecule has 1 rings (SSSR count). The van der Waals surface area contributed by atoms with Crippen LogP contribution in [0.2, 0.25) is 0 Å². The zero-order valence-corrected chi connectivity index (χ0v) is 11.1.